The van der Waals surface area contributed by atoms with Crippen LogP contribution in [0.3, 0.4) is 0 Å². The lowest BCUT2D eigenvalue weighted by molar-refractivity contribution is -0.384. The molecule has 0 saturated carbocycles. The first-order valence-corrected chi connectivity index (χ1v) is 7.67. The van der Waals surface area contributed by atoms with Crippen LogP contribution in [0.1, 0.15) is 4.88 Å². The van der Waals surface area contributed by atoms with Crippen LogP contribution < -0.4 is 5.32 Å². The van der Waals surface area contributed by atoms with Crippen molar-refractivity contribution in [1.29, 1.82) is 0 Å². The molecule has 6 nitrogen and oxygen atoms in total. The molecule has 0 aliphatic carbocycles. The van der Waals surface area contributed by atoms with Gasteiger partial charge in [0.15, 0.2) is 0 Å². The maximum absolute atomic E-state index is 10.9. The lowest BCUT2D eigenvalue weighted by Crippen LogP contribution is -2.02. The van der Waals surface area contributed by atoms with E-state index in [2.05, 4.69) is 31.2 Å². The van der Waals surface area contributed by atoms with Gasteiger partial charge in [-0.25, -0.2) is 9.97 Å². The molecule has 106 valence electrons. The normalized spacial score (nSPS) is 10.7. The van der Waals surface area contributed by atoms with E-state index in [4.69, 9.17) is 0 Å². The number of benzene rings is 1. The summed E-state index contributed by atoms with van der Waals surface area (Å²) in [5, 5.41) is 16.7. The molecule has 0 radical (unpaired) electrons. The standard InChI is InChI=1S/C13H9BrN4O2S/c14-10-3-4-21-12(10)6-15-13-9-5-8(18(19)20)1-2-11(9)16-7-17-13/h1-5,7H,6H2,(H,15,16,17). The largest absolute Gasteiger partial charge is 0.365 e. The van der Waals surface area contributed by atoms with Gasteiger partial charge in [-0.15, -0.1) is 11.3 Å². The Kier molecular flexibility index (Phi) is 3.80. The summed E-state index contributed by atoms with van der Waals surface area (Å²) in [6.45, 7) is 0.590. The average Bonchev–Trinajstić information content (AvgIpc) is 2.89. The Morgan fingerprint density at radius 2 is 2.19 bits per heavy atom. The third-order valence-corrected chi connectivity index (χ3v) is 4.86. The van der Waals surface area contributed by atoms with Crippen molar-refractivity contribution >= 4 is 49.7 Å². The monoisotopic (exact) mass is 364 g/mol. The minimum absolute atomic E-state index is 0.0256. The van der Waals surface area contributed by atoms with E-state index in [1.54, 1.807) is 17.4 Å². The zero-order valence-electron chi connectivity index (χ0n) is 10.6. The number of thiophene rings is 1. The molecule has 21 heavy (non-hydrogen) atoms. The van der Waals surface area contributed by atoms with Crippen LogP contribution in [0.2, 0.25) is 0 Å². The molecule has 1 aromatic carbocycles. The van der Waals surface area contributed by atoms with Crippen LogP contribution in [0.4, 0.5) is 11.5 Å². The number of anilines is 1. The van der Waals surface area contributed by atoms with Crippen molar-refractivity contribution < 1.29 is 4.92 Å². The molecule has 1 N–H and O–H groups in total. The smallest absolute Gasteiger partial charge is 0.270 e. The molecule has 0 spiro atoms. The summed E-state index contributed by atoms with van der Waals surface area (Å²) in [6, 6.07) is 6.53. The molecular weight excluding hydrogens is 356 g/mol. The summed E-state index contributed by atoms with van der Waals surface area (Å²) < 4.78 is 1.03. The number of nitro benzene ring substituents is 1. The van der Waals surface area contributed by atoms with Crippen LogP contribution >= 0.6 is 27.3 Å². The molecule has 0 amide bonds. The number of hydrogen-bond donors (Lipinski definition) is 1. The van der Waals surface area contributed by atoms with Crippen molar-refractivity contribution in [2.75, 3.05) is 5.32 Å². The van der Waals surface area contributed by atoms with E-state index >= 15 is 0 Å². The van der Waals surface area contributed by atoms with E-state index in [0.717, 1.165) is 9.35 Å². The number of hydrogen-bond acceptors (Lipinski definition) is 6. The molecule has 0 bridgehead atoms. The van der Waals surface area contributed by atoms with E-state index < -0.39 is 4.92 Å². The fraction of sp³-hybridized carbons (Fsp3) is 0.0769. The van der Waals surface area contributed by atoms with Crippen molar-refractivity contribution in [1.82, 2.24) is 9.97 Å². The predicted octanol–water partition coefficient (Wildman–Crippen LogP) is 3.97. The van der Waals surface area contributed by atoms with Crippen molar-refractivity contribution in [3.8, 4) is 0 Å². The minimum atomic E-state index is -0.425. The van der Waals surface area contributed by atoms with Crippen LogP contribution in [0.25, 0.3) is 10.9 Å². The van der Waals surface area contributed by atoms with Gasteiger partial charge >= 0.3 is 0 Å². The van der Waals surface area contributed by atoms with Gasteiger partial charge in [-0.05, 0) is 33.4 Å². The molecule has 3 rings (SSSR count). The molecule has 0 fully saturated rings. The second-order valence-electron chi connectivity index (χ2n) is 4.23. The highest BCUT2D eigenvalue weighted by atomic mass is 79.9. The number of non-ortho nitro benzene ring substituents is 1. The van der Waals surface area contributed by atoms with E-state index in [0.29, 0.717) is 23.3 Å². The maximum atomic E-state index is 10.9. The first-order valence-electron chi connectivity index (χ1n) is 6.00. The van der Waals surface area contributed by atoms with Crippen LogP contribution in [-0.2, 0) is 6.54 Å². The Balaban J connectivity index is 1.95. The molecule has 0 unspecified atom stereocenters. The van der Waals surface area contributed by atoms with Gasteiger partial charge in [-0.1, -0.05) is 0 Å². The molecular formula is C13H9BrN4O2S. The Labute approximate surface area is 132 Å². The van der Waals surface area contributed by atoms with Crippen molar-refractivity contribution in [3.63, 3.8) is 0 Å². The van der Waals surface area contributed by atoms with Gasteiger partial charge in [0.2, 0.25) is 0 Å². The Hall–Kier alpha value is -2.06. The van der Waals surface area contributed by atoms with Crippen molar-refractivity contribution in [2.45, 2.75) is 6.54 Å². The third kappa shape index (κ3) is 2.86. The number of aromatic nitrogens is 2. The van der Waals surface area contributed by atoms with Gasteiger partial charge in [0.25, 0.3) is 5.69 Å². The highest BCUT2D eigenvalue weighted by Crippen LogP contribution is 2.27. The molecule has 3 aromatic rings. The zero-order chi connectivity index (χ0) is 14.8. The highest BCUT2D eigenvalue weighted by Gasteiger charge is 2.11. The van der Waals surface area contributed by atoms with Gasteiger partial charge in [0, 0.05) is 26.9 Å². The number of rotatable bonds is 4. The van der Waals surface area contributed by atoms with Crippen molar-refractivity contribution in [3.05, 3.63) is 55.4 Å². The first-order chi connectivity index (χ1) is 10.1. The van der Waals surface area contributed by atoms with Gasteiger partial charge < -0.3 is 5.32 Å². The van der Waals surface area contributed by atoms with Crippen LogP contribution in [0, 0.1) is 10.1 Å². The van der Waals surface area contributed by atoms with E-state index in [9.17, 15) is 10.1 Å². The fourth-order valence-electron chi connectivity index (χ4n) is 1.91. The maximum Gasteiger partial charge on any atom is 0.270 e. The number of nitrogens with one attached hydrogen (secondary N) is 1. The molecule has 0 saturated heterocycles. The summed E-state index contributed by atoms with van der Waals surface area (Å²) in [5.41, 5.74) is 0.695. The average molecular weight is 365 g/mol. The van der Waals surface area contributed by atoms with Gasteiger partial charge in [-0.3, -0.25) is 10.1 Å². The lowest BCUT2D eigenvalue weighted by Gasteiger charge is -2.07. The Bertz CT molecular complexity index is 821. The minimum Gasteiger partial charge on any atom is -0.365 e. The second kappa shape index (κ2) is 5.74. The Morgan fingerprint density at radius 1 is 1.33 bits per heavy atom. The number of fused-ring (bicyclic) bond motifs is 1. The van der Waals surface area contributed by atoms with E-state index in [1.165, 1.54) is 18.5 Å². The molecule has 0 aliphatic rings. The molecule has 0 aliphatic heterocycles. The summed E-state index contributed by atoms with van der Waals surface area (Å²) >= 11 is 5.09. The van der Waals surface area contributed by atoms with Crippen LogP contribution in [-0.4, -0.2) is 14.9 Å². The summed E-state index contributed by atoms with van der Waals surface area (Å²) in [6.07, 6.45) is 1.44. The summed E-state index contributed by atoms with van der Waals surface area (Å²) in [4.78, 5) is 19.9. The molecule has 2 aromatic heterocycles. The molecule has 8 heteroatoms. The molecule has 2 heterocycles. The second-order valence-corrected chi connectivity index (χ2v) is 6.08. The predicted molar refractivity (Wildman–Crippen MR) is 85.5 cm³/mol. The lowest BCUT2D eigenvalue weighted by atomic mass is 10.2. The van der Waals surface area contributed by atoms with Crippen LogP contribution in [0.5, 0.6) is 0 Å². The van der Waals surface area contributed by atoms with E-state index in [-0.39, 0.29) is 5.69 Å². The van der Waals surface area contributed by atoms with Crippen molar-refractivity contribution in [2.24, 2.45) is 0 Å². The Morgan fingerprint density at radius 3 is 2.90 bits per heavy atom. The topological polar surface area (TPSA) is 81.0 Å². The SMILES string of the molecule is O=[N+]([O-])c1ccc2ncnc(NCc3sccc3Br)c2c1. The number of nitrogens with zero attached hydrogens (tertiary/aromatic N) is 3. The number of nitro groups is 1. The van der Waals surface area contributed by atoms with Gasteiger partial charge in [0.05, 0.1) is 17.0 Å². The fourth-order valence-corrected chi connectivity index (χ4v) is 3.35. The summed E-state index contributed by atoms with van der Waals surface area (Å²) in [7, 11) is 0. The van der Waals surface area contributed by atoms with Crippen LogP contribution in [0.15, 0.2) is 40.4 Å². The zero-order valence-corrected chi connectivity index (χ0v) is 13.0. The number of halogens is 1. The molecule has 0 atom stereocenters. The quantitative estimate of drug-likeness (QED) is 0.559. The first kappa shape index (κ1) is 13.9. The highest BCUT2D eigenvalue weighted by molar-refractivity contribution is 9.10. The van der Waals surface area contributed by atoms with Gasteiger partial charge in [0.1, 0.15) is 12.1 Å². The third-order valence-electron chi connectivity index (χ3n) is 2.94. The summed E-state index contributed by atoms with van der Waals surface area (Å²) in [5.74, 6) is 0.587. The van der Waals surface area contributed by atoms with Gasteiger partial charge in [-0.2, -0.15) is 0 Å². The van der Waals surface area contributed by atoms with E-state index in [1.807, 2.05) is 11.4 Å².